The van der Waals surface area contributed by atoms with Crippen LogP contribution >= 0.6 is 0 Å². The van der Waals surface area contributed by atoms with Crippen molar-refractivity contribution in [2.45, 2.75) is 32.4 Å². The minimum atomic E-state index is -1.34. The van der Waals surface area contributed by atoms with E-state index < -0.39 is 17.2 Å². The van der Waals surface area contributed by atoms with Crippen LogP contribution in [-0.4, -0.2) is 38.8 Å². The number of hydrogen-bond donors (Lipinski definition) is 3. The van der Waals surface area contributed by atoms with Gasteiger partial charge in [-0.05, 0) is 42.2 Å². The molecular weight excluding hydrogens is 491 g/mol. The molecule has 0 radical (unpaired) electrons. The van der Waals surface area contributed by atoms with Crippen LogP contribution in [0, 0.1) is 5.82 Å². The predicted molar refractivity (Wildman–Crippen MR) is 141 cm³/mol. The number of carboxylic acid groups (broad SMARTS) is 1. The molecule has 38 heavy (non-hydrogen) atoms. The second-order valence-corrected chi connectivity index (χ2v) is 9.57. The molecule has 0 saturated carbocycles. The van der Waals surface area contributed by atoms with Crippen molar-refractivity contribution in [3.63, 3.8) is 0 Å². The number of anilines is 3. The smallest absolute Gasteiger partial charge is 0.341 e. The second kappa shape index (κ2) is 8.72. The molecule has 2 aliphatic rings. The van der Waals surface area contributed by atoms with Gasteiger partial charge in [-0.3, -0.25) is 4.79 Å². The predicted octanol–water partition coefficient (Wildman–Crippen LogP) is 3.37. The summed E-state index contributed by atoms with van der Waals surface area (Å²) in [5.41, 5.74) is 14.6. The van der Waals surface area contributed by atoms with Gasteiger partial charge in [0.05, 0.1) is 22.5 Å². The average Bonchev–Trinajstić information content (AvgIpc) is 3.29. The van der Waals surface area contributed by atoms with Crippen LogP contribution in [0.1, 0.15) is 40.9 Å². The van der Waals surface area contributed by atoms with Crippen LogP contribution in [-0.2, 0) is 13.0 Å². The van der Waals surface area contributed by atoms with E-state index in [-0.39, 0.29) is 40.9 Å². The minimum Gasteiger partial charge on any atom is -0.488 e. The van der Waals surface area contributed by atoms with E-state index in [1.54, 1.807) is 10.8 Å². The number of pyridine rings is 1. The van der Waals surface area contributed by atoms with Crippen molar-refractivity contribution in [1.82, 2.24) is 14.5 Å². The van der Waals surface area contributed by atoms with Gasteiger partial charge in [-0.2, -0.15) is 4.98 Å². The third kappa shape index (κ3) is 3.61. The maximum absolute atomic E-state index is 15.7. The Balaban J connectivity index is 1.46. The molecule has 0 amide bonds. The van der Waals surface area contributed by atoms with Gasteiger partial charge in [-0.25, -0.2) is 14.2 Å². The first kappa shape index (κ1) is 23.7. The molecule has 4 aromatic rings. The molecule has 1 atom stereocenters. The molecule has 6 rings (SSSR count). The number of carbonyl (C=O) groups is 1. The van der Waals surface area contributed by atoms with Gasteiger partial charge in [0.15, 0.2) is 5.75 Å². The highest BCUT2D eigenvalue weighted by molar-refractivity contribution is 5.98. The summed E-state index contributed by atoms with van der Waals surface area (Å²) in [6, 6.07) is 6.64. The number of ether oxygens (including phenoxy) is 1. The number of benzene rings is 2. The SMILES string of the molecule is CCC1COc2c(-c3ccc4c(c3)CCN4Cc3cnc(N)nc3N)c(F)cc3c(=O)c(C(=O)O)cn1c23. The number of rotatable bonds is 5. The first-order valence-corrected chi connectivity index (χ1v) is 12.3. The van der Waals surface area contributed by atoms with Crippen LogP contribution in [0.3, 0.4) is 0 Å². The van der Waals surface area contributed by atoms with Crippen molar-refractivity contribution in [1.29, 1.82) is 0 Å². The number of carboxylic acids is 1. The van der Waals surface area contributed by atoms with Crippen LogP contribution < -0.4 is 26.5 Å². The fourth-order valence-corrected chi connectivity index (χ4v) is 5.43. The lowest BCUT2D eigenvalue weighted by Crippen LogP contribution is -2.28. The van der Waals surface area contributed by atoms with Crippen molar-refractivity contribution in [3.05, 3.63) is 69.4 Å². The number of fused-ring (bicyclic) bond motifs is 1. The summed E-state index contributed by atoms with van der Waals surface area (Å²) in [6.45, 7) is 3.43. The number of nitrogens with two attached hydrogens (primary N) is 2. The normalized spacial score (nSPS) is 15.9. The Bertz CT molecular complexity index is 1700. The van der Waals surface area contributed by atoms with Gasteiger partial charge in [0, 0.05) is 36.7 Å². The molecule has 0 aliphatic carbocycles. The van der Waals surface area contributed by atoms with Crippen LogP contribution in [0.15, 0.2) is 41.5 Å². The summed E-state index contributed by atoms with van der Waals surface area (Å²) < 4.78 is 23.5. The van der Waals surface area contributed by atoms with E-state index in [0.717, 1.165) is 35.8 Å². The largest absolute Gasteiger partial charge is 0.488 e. The molecule has 0 bridgehead atoms. The Labute approximate surface area is 216 Å². The Kier molecular flexibility index (Phi) is 5.44. The Morgan fingerprint density at radius 2 is 2.11 bits per heavy atom. The third-order valence-electron chi connectivity index (χ3n) is 7.38. The molecule has 11 heteroatoms. The number of nitrogen functional groups attached to an aromatic ring is 2. The maximum atomic E-state index is 15.7. The number of hydrogen-bond acceptors (Lipinski definition) is 8. The first-order chi connectivity index (χ1) is 18.3. The van der Waals surface area contributed by atoms with E-state index in [2.05, 4.69) is 14.9 Å². The molecule has 2 aliphatic heterocycles. The Hall–Kier alpha value is -4.67. The molecule has 0 fully saturated rings. The van der Waals surface area contributed by atoms with E-state index >= 15 is 4.39 Å². The molecule has 0 saturated heterocycles. The molecular formula is C27H25FN6O4. The molecule has 4 heterocycles. The number of aromatic nitrogens is 3. The molecule has 1 unspecified atom stereocenters. The quantitative estimate of drug-likeness (QED) is 0.363. The second-order valence-electron chi connectivity index (χ2n) is 9.57. The first-order valence-electron chi connectivity index (χ1n) is 12.3. The van der Waals surface area contributed by atoms with Crippen molar-refractivity contribution in [2.24, 2.45) is 0 Å². The van der Waals surface area contributed by atoms with E-state index in [0.29, 0.717) is 29.9 Å². The Morgan fingerprint density at radius 3 is 2.84 bits per heavy atom. The molecule has 2 aromatic carbocycles. The van der Waals surface area contributed by atoms with Gasteiger partial charge < -0.3 is 30.8 Å². The molecule has 0 spiro atoms. The highest BCUT2D eigenvalue weighted by Gasteiger charge is 2.30. The van der Waals surface area contributed by atoms with E-state index in [4.69, 9.17) is 16.2 Å². The van der Waals surface area contributed by atoms with E-state index in [1.165, 1.54) is 6.20 Å². The van der Waals surface area contributed by atoms with Crippen LogP contribution in [0.2, 0.25) is 0 Å². The van der Waals surface area contributed by atoms with Crippen molar-refractivity contribution in [3.8, 4) is 16.9 Å². The van der Waals surface area contributed by atoms with E-state index in [1.807, 2.05) is 25.1 Å². The lowest BCUT2D eigenvalue weighted by atomic mass is 9.96. The van der Waals surface area contributed by atoms with Crippen LogP contribution in [0.25, 0.3) is 22.0 Å². The summed E-state index contributed by atoms with van der Waals surface area (Å²) in [5, 5.41) is 9.56. The molecule has 2 aromatic heterocycles. The van der Waals surface area contributed by atoms with Gasteiger partial charge in [0.1, 0.15) is 23.8 Å². The summed E-state index contributed by atoms with van der Waals surface area (Å²) in [5.74, 6) is -1.28. The van der Waals surface area contributed by atoms with E-state index in [9.17, 15) is 14.7 Å². The molecule has 194 valence electrons. The monoisotopic (exact) mass is 516 g/mol. The highest BCUT2D eigenvalue weighted by Crippen LogP contribution is 2.44. The van der Waals surface area contributed by atoms with Gasteiger partial charge in [-0.15, -0.1) is 0 Å². The zero-order chi connectivity index (χ0) is 26.7. The molecule has 10 nitrogen and oxygen atoms in total. The fourth-order valence-electron chi connectivity index (χ4n) is 5.43. The van der Waals surface area contributed by atoms with Crippen molar-refractivity contribution < 1.29 is 19.0 Å². The zero-order valence-corrected chi connectivity index (χ0v) is 20.6. The zero-order valence-electron chi connectivity index (χ0n) is 20.6. The topological polar surface area (TPSA) is 150 Å². The van der Waals surface area contributed by atoms with Crippen molar-refractivity contribution >= 4 is 34.3 Å². The van der Waals surface area contributed by atoms with Crippen LogP contribution in [0.4, 0.5) is 21.8 Å². The number of halogens is 1. The fraction of sp³-hybridized carbons (Fsp3) is 0.259. The number of aromatic carboxylic acids is 1. The molecule has 5 N–H and O–H groups in total. The maximum Gasteiger partial charge on any atom is 0.341 e. The standard InChI is InChI=1S/C27H25FN6O4/c1-2-16-12-38-24-21(19(28)8-17-22(24)34(16)11-18(23(17)35)26(36)37)14-3-4-20-13(7-14)5-6-33(20)10-15-9-31-27(30)32-25(15)29/h3-4,7-9,11,16H,2,5-6,10,12H2,1H3,(H,36,37)(H4,29,30,31,32). The summed E-state index contributed by atoms with van der Waals surface area (Å²) >= 11 is 0. The van der Waals surface area contributed by atoms with Gasteiger partial charge >= 0.3 is 5.97 Å². The van der Waals surface area contributed by atoms with Crippen LogP contribution in [0.5, 0.6) is 5.75 Å². The lowest BCUT2D eigenvalue weighted by Gasteiger charge is -2.30. The van der Waals surface area contributed by atoms with Gasteiger partial charge in [0.25, 0.3) is 0 Å². The Morgan fingerprint density at radius 1 is 1.29 bits per heavy atom. The van der Waals surface area contributed by atoms with Gasteiger partial charge in [0.2, 0.25) is 11.4 Å². The summed E-state index contributed by atoms with van der Waals surface area (Å²) in [7, 11) is 0. The highest BCUT2D eigenvalue weighted by atomic mass is 19.1. The summed E-state index contributed by atoms with van der Waals surface area (Å²) in [6.07, 6.45) is 4.37. The average molecular weight is 517 g/mol. The third-order valence-corrected chi connectivity index (χ3v) is 7.38. The number of nitrogens with zero attached hydrogens (tertiary/aromatic N) is 4. The lowest BCUT2D eigenvalue weighted by molar-refractivity contribution is 0.0694. The minimum absolute atomic E-state index is 0.00468. The van der Waals surface area contributed by atoms with Crippen molar-refractivity contribution in [2.75, 3.05) is 29.5 Å². The summed E-state index contributed by atoms with van der Waals surface area (Å²) in [4.78, 5) is 34.9. The van der Waals surface area contributed by atoms with Gasteiger partial charge in [-0.1, -0.05) is 13.0 Å².